The van der Waals surface area contributed by atoms with Crippen molar-refractivity contribution in [2.75, 3.05) is 6.54 Å². The van der Waals surface area contributed by atoms with Crippen molar-refractivity contribution in [3.63, 3.8) is 0 Å². The van der Waals surface area contributed by atoms with Gasteiger partial charge in [0.1, 0.15) is 0 Å². The van der Waals surface area contributed by atoms with Crippen LogP contribution in [0.2, 0.25) is 0 Å². The summed E-state index contributed by atoms with van der Waals surface area (Å²) < 4.78 is 1.86. The molecule has 0 radical (unpaired) electrons. The lowest BCUT2D eigenvalue weighted by Gasteiger charge is -2.26. The van der Waals surface area contributed by atoms with E-state index in [9.17, 15) is 4.79 Å². The summed E-state index contributed by atoms with van der Waals surface area (Å²) in [4.78, 5) is 14.4. The van der Waals surface area contributed by atoms with Gasteiger partial charge in [-0.05, 0) is 24.8 Å². The van der Waals surface area contributed by atoms with Crippen LogP contribution in [0.15, 0.2) is 6.07 Å². The number of amides is 1. The lowest BCUT2D eigenvalue weighted by Crippen LogP contribution is -2.34. The Bertz CT molecular complexity index is 424. The summed E-state index contributed by atoms with van der Waals surface area (Å²) in [6, 6.07) is 2.06. The molecule has 0 N–H and O–H groups in total. The van der Waals surface area contributed by atoms with Gasteiger partial charge in [0.15, 0.2) is 0 Å². The monoisotopic (exact) mass is 279 g/mol. The van der Waals surface area contributed by atoms with E-state index in [1.54, 1.807) is 0 Å². The normalized spacial score (nSPS) is 11.7. The summed E-state index contributed by atoms with van der Waals surface area (Å²) in [6.45, 7) is 11.9. The summed E-state index contributed by atoms with van der Waals surface area (Å²) in [5.74, 6) is 0.231. The molecule has 1 amide bonds. The van der Waals surface area contributed by atoms with Crippen LogP contribution in [0.25, 0.3) is 0 Å². The van der Waals surface area contributed by atoms with Gasteiger partial charge in [-0.1, -0.05) is 34.1 Å². The van der Waals surface area contributed by atoms with Gasteiger partial charge in [0.2, 0.25) is 5.91 Å². The summed E-state index contributed by atoms with van der Waals surface area (Å²) >= 11 is 0. The van der Waals surface area contributed by atoms with Crippen LogP contribution in [0.4, 0.5) is 0 Å². The number of aryl methyl sites for hydroxylation is 2. The van der Waals surface area contributed by atoms with Gasteiger partial charge in [0.05, 0.1) is 12.2 Å². The van der Waals surface area contributed by atoms with E-state index in [0.29, 0.717) is 13.0 Å². The molecular weight excluding hydrogens is 250 g/mol. The molecule has 0 saturated heterocycles. The van der Waals surface area contributed by atoms with E-state index in [2.05, 4.69) is 38.9 Å². The van der Waals surface area contributed by atoms with Gasteiger partial charge in [-0.15, -0.1) is 0 Å². The number of rotatable bonds is 6. The zero-order chi connectivity index (χ0) is 15.3. The second-order valence-corrected chi connectivity index (χ2v) is 6.81. The molecule has 1 aromatic rings. The van der Waals surface area contributed by atoms with Crippen LogP contribution < -0.4 is 0 Å². The van der Waals surface area contributed by atoms with Crippen LogP contribution in [0, 0.1) is 12.3 Å². The average molecular weight is 279 g/mol. The zero-order valence-electron chi connectivity index (χ0n) is 13.9. The third kappa shape index (κ3) is 5.35. The highest BCUT2D eigenvalue weighted by atomic mass is 16.2. The lowest BCUT2D eigenvalue weighted by atomic mass is 9.91. The van der Waals surface area contributed by atoms with E-state index in [1.807, 2.05) is 23.6 Å². The number of hydrogen-bond donors (Lipinski definition) is 0. The summed E-state index contributed by atoms with van der Waals surface area (Å²) in [7, 11) is 1.94. The molecule has 0 aliphatic carbocycles. The SMILES string of the molecule is CCCCN(Cc1cc(C)n(C)n1)C(=O)CC(C)(C)C. The maximum atomic E-state index is 12.5. The number of carbonyl (C=O) groups excluding carboxylic acids is 1. The molecule has 4 nitrogen and oxygen atoms in total. The summed E-state index contributed by atoms with van der Waals surface area (Å²) in [5, 5.41) is 4.46. The second kappa shape index (κ2) is 6.91. The molecule has 0 unspecified atom stereocenters. The minimum Gasteiger partial charge on any atom is -0.337 e. The first kappa shape index (κ1) is 16.7. The molecule has 0 aliphatic heterocycles. The van der Waals surface area contributed by atoms with Gasteiger partial charge in [-0.25, -0.2) is 0 Å². The first-order valence-electron chi connectivity index (χ1n) is 7.50. The minimum absolute atomic E-state index is 0.0293. The standard InChI is InChI=1S/C16H29N3O/c1-7-8-9-19(15(20)11-16(3,4)5)12-14-10-13(2)18(6)17-14/h10H,7-9,11-12H2,1-6H3. The Morgan fingerprint density at radius 3 is 2.50 bits per heavy atom. The first-order valence-corrected chi connectivity index (χ1v) is 7.50. The number of unbranched alkanes of at least 4 members (excludes halogenated alkanes) is 1. The Kier molecular flexibility index (Phi) is 5.78. The molecule has 1 rings (SSSR count). The molecule has 0 aliphatic rings. The molecule has 1 heterocycles. The maximum Gasteiger partial charge on any atom is 0.223 e. The van der Waals surface area contributed by atoms with Crippen molar-refractivity contribution in [2.45, 2.75) is 60.4 Å². The molecular formula is C16H29N3O. The number of hydrogen-bond acceptors (Lipinski definition) is 2. The van der Waals surface area contributed by atoms with Gasteiger partial charge in [-0.2, -0.15) is 5.10 Å². The van der Waals surface area contributed by atoms with Crippen LogP contribution in [0.3, 0.4) is 0 Å². The Morgan fingerprint density at radius 2 is 2.05 bits per heavy atom. The van der Waals surface area contributed by atoms with Crippen LogP contribution in [0.5, 0.6) is 0 Å². The molecule has 0 bridgehead atoms. The predicted molar refractivity (Wildman–Crippen MR) is 82.3 cm³/mol. The van der Waals surface area contributed by atoms with Crippen molar-refractivity contribution in [3.05, 3.63) is 17.5 Å². The fourth-order valence-electron chi connectivity index (χ4n) is 2.11. The largest absolute Gasteiger partial charge is 0.337 e. The molecule has 0 spiro atoms. The number of carbonyl (C=O) groups is 1. The molecule has 20 heavy (non-hydrogen) atoms. The predicted octanol–water partition coefficient (Wildman–Crippen LogP) is 3.29. The molecule has 0 fully saturated rings. The van der Waals surface area contributed by atoms with Crippen LogP contribution in [-0.2, 0) is 18.4 Å². The fraction of sp³-hybridized carbons (Fsp3) is 0.750. The Balaban J connectivity index is 2.75. The van der Waals surface area contributed by atoms with Gasteiger partial charge in [0.25, 0.3) is 0 Å². The van der Waals surface area contributed by atoms with E-state index < -0.39 is 0 Å². The Morgan fingerprint density at radius 1 is 1.40 bits per heavy atom. The fourth-order valence-corrected chi connectivity index (χ4v) is 2.11. The van der Waals surface area contributed by atoms with Crippen LogP contribution in [0.1, 0.15) is 58.3 Å². The van der Waals surface area contributed by atoms with Gasteiger partial charge < -0.3 is 4.90 Å². The highest BCUT2D eigenvalue weighted by Crippen LogP contribution is 2.21. The van der Waals surface area contributed by atoms with Crippen molar-refractivity contribution >= 4 is 5.91 Å². The quantitative estimate of drug-likeness (QED) is 0.801. The molecule has 0 saturated carbocycles. The van der Waals surface area contributed by atoms with E-state index in [4.69, 9.17) is 0 Å². The van der Waals surface area contributed by atoms with E-state index in [-0.39, 0.29) is 11.3 Å². The molecule has 0 aromatic carbocycles. The van der Waals surface area contributed by atoms with Crippen LogP contribution >= 0.6 is 0 Å². The maximum absolute atomic E-state index is 12.5. The van der Waals surface area contributed by atoms with Crippen molar-refractivity contribution < 1.29 is 4.79 Å². The van der Waals surface area contributed by atoms with Crippen molar-refractivity contribution in [2.24, 2.45) is 12.5 Å². The smallest absolute Gasteiger partial charge is 0.223 e. The number of nitrogens with zero attached hydrogens (tertiary/aromatic N) is 3. The highest BCUT2D eigenvalue weighted by Gasteiger charge is 2.21. The van der Waals surface area contributed by atoms with Gasteiger partial charge in [-0.3, -0.25) is 9.48 Å². The highest BCUT2D eigenvalue weighted by molar-refractivity contribution is 5.76. The summed E-state index contributed by atoms with van der Waals surface area (Å²) in [6.07, 6.45) is 2.73. The average Bonchev–Trinajstić information content (AvgIpc) is 2.61. The van der Waals surface area contributed by atoms with Crippen molar-refractivity contribution in [1.29, 1.82) is 0 Å². The molecule has 4 heteroatoms. The van der Waals surface area contributed by atoms with Crippen LogP contribution in [-0.4, -0.2) is 27.1 Å². The zero-order valence-corrected chi connectivity index (χ0v) is 13.9. The Labute approximate surface area is 123 Å². The van der Waals surface area contributed by atoms with E-state index in [0.717, 1.165) is 30.8 Å². The third-order valence-corrected chi connectivity index (χ3v) is 3.33. The second-order valence-electron chi connectivity index (χ2n) is 6.81. The minimum atomic E-state index is 0.0293. The first-order chi connectivity index (χ1) is 9.23. The van der Waals surface area contributed by atoms with Gasteiger partial charge in [0, 0.05) is 25.7 Å². The van der Waals surface area contributed by atoms with E-state index in [1.165, 1.54) is 0 Å². The Hall–Kier alpha value is -1.32. The number of aromatic nitrogens is 2. The molecule has 0 atom stereocenters. The topological polar surface area (TPSA) is 38.1 Å². The van der Waals surface area contributed by atoms with Crippen molar-refractivity contribution in [3.8, 4) is 0 Å². The molecule has 1 aromatic heterocycles. The third-order valence-electron chi connectivity index (χ3n) is 3.33. The van der Waals surface area contributed by atoms with Gasteiger partial charge >= 0.3 is 0 Å². The lowest BCUT2D eigenvalue weighted by molar-refractivity contribution is -0.133. The molecule has 114 valence electrons. The van der Waals surface area contributed by atoms with Crippen molar-refractivity contribution in [1.82, 2.24) is 14.7 Å². The van der Waals surface area contributed by atoms with E-state index >= 15 is 0 Å². The summed E-state index contributed by atoms with van der Waals surface area (Å²) in [5.41, 5.74) is 2.13.